The van der Waals surface area contributed by atoms with Crippen LogP contribution >= 0.6 is 11.3 Å². The fourth-order valence-electron chi connectivity index (χ4n) is 4.61. The summed E-state index contributed by atoms with van der Waals surface area (Å²) < 4.78 is 0. The Morgan fingerprint density at radius 1 is 1.20 bits per heavy atom. The smallest absolute Gasteiger partial charge is 0.263 e. The first-order valence-corrected chi connectivity index (χ1v) is 11.9. The standard InChI is InChI=1S/C24H31N3O2S/c1-3-18(2)17-27-22(28)20(16-19-8-5-4-6-9-19)25-24(27)11-13-26(14-12-24)23(29)21-10-7-15-30-21/h4-10,15,18,20,25H,3,11-14,16-17H2,1-2H3/t18-,20+/m0/s1. The molecule has 2 fully saturated rings. The Kier molecular flexibility index (Phi) is 6.25. The second-order valence-corrected chi connectivity index (χ2v) is 9.60. The highest BCUT2D eigenvalue weighted by molar-refractivity contribution is 7.12. The van der Waals surface area contributed by atoms with Gasteiger partial charge in [0, 0.05) is 32.5 Å². The molecule has 0 unspecified atom stereocenters. The summed E-state index contributed by atoms with van der Waals surface area (Å²) in [5.74, 6) is 0.768. The van der Waals surface area contributed by atoms with Gasteiger partial charge in [-0.1, -0.05) is 56.7 Å². The fraction of sp³-hybridized carbons (Fsp3) is 0.500. The van der Waals surface area contributed by atoms with Crippen molar-refractivity contribution in [3.8, 4) is 0 Å². The van der Waals surface area contributed by atoms with Gasteiger partial charge in [0.2, 0.25) is 5.91 Å². The third kappa shape index (κ3) is 4.16. The Balaban J connectivity index is 1.50. The van der Waals surface area contributed by atoms with Gasteiger partial charge in [0.1, 0.15) is 0 Å². The monoisotopic (exact) mass is 425 g/mol. The molecule has 0 bridgehead atoms. The van der Waals surface area contributed by atoms with Crippen molar-refractivity contribution in [2.75, 3.05) is 19.6 Å². The minimum absolute atomic E-state index is 0.110. The number of amides is 2. The first kappa shape index (κ1) is 21.1. The third-order valence-electron chi connectivity index (χ3n) is 6.61. The van der Waals surface area contributed by atoms with Crippen molar-refractivity contribution in [3.05, 3.63) is 58.3 Å². The number of benzene rings is 1. The highest BCUT2D eigenvalue weighted by Gasteiger charge is 2.51. The second kappa shape index (κ2) is 8.90. The van der Waals surface area contributed by atoms with Crippen molar-refractivity contribution in [3.63, 3.8) is 0 Å². The Hall–Kier alpha value is -2.18. The van der Waals surface area contributed by atoms with Crippen molar-refractivity contribution in [1.82, 2.24) is 15.1 Å². The largest absolute Gasteiger partial charge is 0.338 e. The van der Waals surface area contributed by atoms with Crippen LogP contribution in [0.15, 0.2) is 47.8 Å². The molecule has 2 saturated heterocycles. The summed E-state index contributed by atoms with van der Waals surface area (Å²) in [5.41, 5.74) is 0.834. The van der Waals surface area contributed by atoms with Gasteiger partial charge in [-0.25, -0.2) is 0 Å². The minimum Gasteiger partial charge on any atom is -0.338 e. The van der Waals surface area contributed by atoms with E-state index in [0.29, 0.717) is 25.4 Å². The van der Waals surface area contributed by atoms with Crippen LogP contribution in [0.4, 0.5) is 0 Å². The fourth-order valence-corrected chi connectivity index (χ4v) is 5.30. The zero-order chi connectivity index (χ0) is 21.1. The number of nitrogens with one attached hydrogen (secondary N) is 1. The molecular formula is C24H31N3O2S. The number of hydrogen-bond acceptors (Lipinski definition) is 4. The molecule has 5 nitrogen and oxygen atoms in total. The van der Waals surface area contributed by atoms with E-state index < -0.39 is 0 Å². The number of nitrogens with zero attached hydrogens (tertiary/aromatic N) is 2. The molecule has 1 aromatic carbocycles. The summed E-state index contributed by atoms with van der Waals surface area (Å²) in [6.45, 7) is 6.50. The van der Waals surface area contributed by atoms with Crippen LogP contribution in [0.1, 0.15) is 48.3 Å². The molecule has 2 aliphatic rings. The zero-order valence-electron chi connectivity index (χ0n) is 17.8. The molecule has 160 valence electrons. The average molecular weight is 426 g/mol. The topological polar surface area (TPSA) is 52.7 Å². The predicted octanol–water partition coefficient (Wildman–Crippen LogP) is 3.77. The molecule has 2 aliphatic heterocycles. The molecule has 1 spiro atoms. The molecule has 0 radical (unpaired) electrons. The van der Waals surface area contributed by atoms with Crippen LogP contribution in [0, 0.1) is 5.92 Å². The maximum absolute atomic E-state index is 13.4. The van der Waals surface area contributed by atoms with Crippen LogP contribution in [-0.2, 0) is 11.2 Å². The van der Waals surface area contributed by atoms with E-state index in [1.54, 1.807) is 0 Å². The van der Waals surface area contributed by atoms with E-state index >= 15 is 0 Å². The van der Waals surface area contributed by atoms with Gasteiger partial charge < -0.3 is 9.80 Å². The Morgan fingerprint density at radius 2 is 1.93 bits per heavy atom. The Morgan fingerprint density at radius 3 is 2.57 bits per heavy atom. The number of carbonyl (C=O) groups excluding carboxylic acids is 2. The summed E-state index contributed by atoms with van der Waals surface area (Å²) in [6, 6.07) is 13.8. The van der Waals surface area contributed by atoms with Crippen molar-refractivity contribution < 1.29 is 9.59 Å². The van der Waals surface area contributed by atoms with Crippen LogP contribution in [0.3, 0.4) is 0 Å². The van der Waals surface area contributed by atoms with Crippen molar-refractivity contribution >= 4 is 23.2 Å². The summed E-state index contributed by atoms with van der Waals surface area (Å²) in [4.78, 5) is 31.0. The molecule has 4 rings (SSSR count). The molecule has 2 aromatic rings. The van der Waals surface area contributed by atoms with E-state index in [0.717, 1.165) is 30.7 Å². The Bertz CT molecular complexity index is 860. The molecule has 30 heavy (non-hydrogen) atoms. The quantitative estimate of drug-likeness (QED) is 0.767. The number of hydrogen-bond donors (Lipinski definition) is 1. The van der Waals surface area contributed by atoms with E-state index in [1.165, 1.54) is 16.9 Å². The number of likely N-dealkylation sites (tertiary alicyclic amines) is 1. The number of thiophene rings is 1. The normalized spacial score (nSPS) is 21.9. The SMILES string of the molecule is CC[C@H](C)CN1C(=O)[C@@H](Cc2ccccc2)NC12CCN(C(=O)c1cccs1)CC2. The highest BCUT2D eigenvalue weighted by atomic mass is 32.1. The lowest BCUT2D eigenvalue weighted by atomic mass is 9.94. The maximum atomic E-state index is 13.4. The number of rotatable bonds is 6. The molecule has 0 aliphatic carbocycles. The van der Waals surface area contributed by atoms with Crippen LogP contribution < -0.4 is 5.32 Å². The van der Waals surface area contributed by atoms with Crippen LogP contribution in [-0.4, -0.2) is 53.0 Å². The second-order valence-electron chi connectivity index (χ2n) is 8.65. The van der Waals surface area contributed by atoms with E-state index in [-0.39, 0.29) is 23.5 Å². The third-order valence-corrected chi connectivity index (χ3v) is 7.47. The number of carbonyl (C=O) groups is 2. The Labute approximate surface area is 183 Å². The van der Waals surface area contributed by atoms with Crippen LogP contribution in [0.2, 0.25) is 0 Å². The molecular weight excluding hydrogens is 394 g/mol. The van der Waals surface area contributed by atoms with Gasteiger partial charge in [-0.2, -0.15) is 0 Å². The van der Waals surface area contributed by atoms with Gasteiger partial charge in [0.25, 0.3) is 5.91 Å². The summed E-state index contributed by atoms with van der Waals surface area (Å²) in [6.07, 6.45) is 3.30. The lowest BCUT2D eigenvalue weighted by Gasteiger charge is -2.45. The molecule has 2 amide bonds. The number of piperidine rings is 1. The highest BCUT2D eigenvalue weighted by Crippen LogP contribution is 2.35. The first-order valence-electron chi connectivity index (χ1n) is 11.0. The average Bonchev–Trinajstić information content (AvgIpc) is 3.39. The van der Waals surface area contributed by atoms with Crippen molar-refractivity contribution in [1.29, 1.82) is 0 Å². The maximum Gasteiger partial charge on any atom is 0.263 e. The van der Waals surface area contributed by atoms with E-state index in [4.69, 9.17) is 0 Å². The van der Waals surface area contributed by atoms with Gasteiger partial charge in [0.05, 0.1) is 16.6 Å². The molecule has 6 heteroatoms. The van der Waals surface area contributed by atoms with Gasteiger partial charge in [-0.3, -0.25) is 14.9 Å². The van der Waals surface area contributed by atoms with Crippen LogP contribution in [0.25, 0.3) is 0 Å². The molecule has 0 saturated carbocycles. The minimum atomic E-state index is -0.341. The zero-order valence-corrected chi connectivity index (χ0v) is 18.7. The molecule has 2 atom stereocenters. The lowest BCUT2D eigenvalue weighted by Crippen LogP contribution is -2.60. The van der Waals surface area contributed by atoms with Gasteiger partial charge in [0.15, 0.2) is 0 Å². The predicted molar refractivity (Wildman–Crippen MR) is 120 cm³/mol. The lowest BCUT2D eigenvalue weighted by molar-refractivity contribution is -0.134. The molecule has 1 N–H and O–H groups in total. The molecule has 3 heterocycles. The van der Waals surface area contributed by atoms with Gasteiger partial charge in [-0.15, -0.1) is 11.3 Å². The first-order chi connectivity index (χ1) is 14.5. The van der Waals surface area contributed by atoms with Gasteiger partial charge in [-0.05, 0) is 29.3 Å². The summed E-state index contributed by atoms with van der Waals surface area (Å²) >= 11 is 1.49. The summed E-state index contributed by atoms with van der Waals surface area (Å²) in [7, 11) is 0. The van der Waals surface area contributed by atoms with E-state index in [2.05, 4.69) is 36.2 Å². The van der Waals surface area contributed by atoms with Crippen molar-refractivity contribution in [2.24, 2.45) is 5.92 Å². The van der Waals surface area contributed by atoms with Crippen molar-refractivity contribution in [2.45, 2.75) is 51.2 Å². The summed E-state index contributed by atoms with van der Waals surface area (Å²) in [5, 5.41) is 5.66. The van der Waals surface area contributed by atoms with E-state index in [1.807, 2.05) is 40.6 Å². The molecule has 1 aromatic heterocycles. The van der Waals surface area contributed by atoms with Gasteiger partial charge >= 0.3 is 0 Å². The van der Waals surface area contributed by atoms with Crippen LogP contribution in [0.5, 0.6) is 0 Å². The van der Waals surface area contributed by atoms with E-state index in [9.17, 15) is 9.59 Å².